The van der Waals surface area contributed by atoms with Crippen molar-refractivity contribution in [2.45, 2.75) is 13.0 Å². The van der Waals surface area contributed by atoms with Crippen molar-refractivity contribution in [3.63, 3.8) is 0 Å². The minimum atomic E-state index is -1.13. The number of benzene rings is 2. The maximum Gasteiger partial charge on any atom is 0.338 e. The lowest BCUT2D eigenvalue weighted by molar-refractivity contribution is -0.139. The minimum Gasteiger partial charge on any atom is -0.484 e. The molecule has 2 aromatic rings. The molecule has 9 heteroatoms. The molecular formula is C21H19F3N2O4. The van der Waals surface area contributed by atoms with E-state index in [2.05, 4.69) is 5.32 Å². The molecule has 158 valence electrons. The third kappa shape index (κ3) is 4.24. The van der Waals surface area contributed by atoms with Crippen molar-refractivity contribution in [3.05, 3.63) is 76.7 Å². The third-order valence-corrected chi connectivity index (χ3v) is 4.55. The standard InChI is InChI=1S/C21H19F3N2O4/c1-3-29-20(27)18-16(11-30-17-9-8-12(22)10-15(17)24)26(2)21(28)25-19(18)13-6-4-5-7-14(13)23/h4-10,19H,3,11H2,1-2H3,(H,25,28)/t19-/m0/s1. The van der Waals surface area contributed by atoms with E-state index >= 15 is 0 Å². The van der Waals surface area contributed by atoms with Crippen molar-refractivity contribution in [3.8, 4) is 5.75 Å². The molecular weight excluding hydrogens is 401 g/mol. The lowest BCUT2D eigenvalue weighted by Gasteiger charge is -2.34. The summed E-state index contributed by atoms with van der Waals surface area (Å²) in [6.45, 7) is 1.24. The minimum absolute atomic E-state index is 0.0463. The Morgan fingerprint density at radius 2 is 1.87 bits per heavy atom. The molecule has 2 aromatic carbocycles. The summed E-state index contributed by atoms with van der Waals surface area (Å²) in [4.78, 5) is 26.3. The second-order valence-electron chi connectivity index (χ2n) is 6.41. The van der Waals surface area contributed by atoms with Gasteiger partial charge in [-0.3, -0.25) is 4.90 Å². The van der Waals surface area contributed by atoms with Crippen molar-refractivity contribution in [1.29, 1.82) is 0 Å². The van der Waals surface area contributed by atoms with Gasteiger partial charge in [0, 0.05) is 18.7 Å². The van der Waals surface area contributed by atoms with E-state index in [4.69, 9.17) is 9.47 Å². The molecule has 0 saturated heterocycles. The second kappa shape index (κ2) is 8.89. The topological polar surface area (TPSA) is 67.9 Å². The van der Waals surface area contributed by atoms with Crippen LogP contribution in [0.4, 0.5) is 18.0 Å². The largest absolute Gasteiger partial charge is 0.484 e. The number of halogens is 3. The van der Waals surface area contributed by atoms with Crippen molar-refractivity contribution in [2.24, 2.45) is 0 Å². The molecule has 1 aliphatic rings. The zero-order chi connectivity index (χ0) is 21.8. The molecule has 1 heterocycles. The highest BCUT2D eigenvalue weighted by atomic mass is 19.1. The Kier molecular flexibility index (Phi) is 6.29. The van der Waals surface area contributed by atoms with Gasteiger partial charge in [-0.05, 0) is 25.1 Å². The molecule has 0 bridgehead atoms. The van der Waals surface area contributed by atoms with Crippen LogP contribution >= 0.6 is 0 Å². The second-order valence-corrected chi connectivity index (χ2v) is 6.41. The molecule has 1 aliphatic heterocycles. The average molecular weight is 420 g/mol. The summed E-state index contributed by atoms with van der Waals surface area (Å²) in [6.07, 6.45) is 0. The smallest absolute Gasteiger partial charge is 0.338 e. The van der Waals surface area contributed by atoms with Gasteiger partial charge < -0.3 is 14.8 Å². The Hall–Kier alpha value is -3.49. The van der Waals surface area contributed by atoms with E-state index in [1.807, 2.05) is 0 Å². The first-order chi connectivity index (χ1) is 14.3. The lowest BCUT2D eigenvalue weighted by Crippen LogP contribution is -2.48. The van der Waals surface area contributed by atoms with Crippen LogP contribution < -0.4 is 10.1 Å². The molecule has 6 nitrogen and oxygen atoms in total. The summed E-state index contributed by atoms with van der Waals surface area (Å²) < 4.78 is 52.0. The van der Waals surface area contributed by atoms with Gasteiger partial charge in [-0.25, -0.2) is 22.8 Å². The van der Waals surface area contributed by atoms with Gasteiger partial charge in [0.25, 0.3) is 0 Å². The van der Waals surface area contributed by atoms with Crippen LogP contribution in [0.25, 0.3) is 0 Å². The number of likely N-dealkylation sites (N-methyl/N-ethyl adjacent to an activating group) is 1. The molecule has 0 unspecified atom stereocenters. The van der Waals surface area contributed by atoms with Gasteiger partial charge in [0.1, 0.15) is 18.2 Å². The van der Waals surface area contributed by atoms with Crippen LogP contribution in [-0.4, -0.2) is 37.2 Å². The molecule has 0 radical (unpaired) electrons. The summed E-state index contributed by atoms with van der Waals surface area (Å²) in [5.41, 5.74) is 0.0770. The average Bonchev–Trinajstić information content (AvgIpc) is 2.70. The lowest BCUT2D eigenvalue weighted by atomic mass is 9.94. The fourth-order valence-electron chi connectivity index (χ4n) is 3.06. The predicted octanol–water partition coefficient (Wildman–Crippen LogP) is 3.70. The van der Waals surface area contributed by atoms with Crippen LogP contribution in [-0.2, 0) is 9.53 Å². The van der Waals surface area contributed by atoms with Crippen LogP contribution in [0, 0.1) is 17.5 Å². The van der Waals surface area contributed by atoms with Crippen LogP contribution in [0.2, 0.25) is 0 Å². The highest BCUT2D eigenvalue weighted by Gasteiger charge is 2.38. The molecule has 0 spiro atoms. The maximum atomic E-state index is 14.4. The summed E-state index contributed by atoms with van der Waals surface area (Å²) in [7, 11) is 1.38. The van der Waals surface area contributed by atoms with E-state index in [0.29, 0.717) is 6.07 Å². The van der Waals surface area contributed by atoms with E-state index in [1.165, 1.54) is 25.2 Å². The van der Waals surface area contributed by atoms with Crippen molar-refractivity contribution in [1.82, 2.24) is 10.2 Å². The van der Waals surface area contributed by atoms with E-state index in [0.717, 1.165) is 17.0 Å². The number of urea groups is 1. The SMILES string of the molecule is CCOC(=O)C1=C(COc2ccc(F)cc2F)N(C)C(=O)N[C@H]1c1ccccc1F. The Morgan fingerprint density at radius 3 is 2.53 bits per heavy atom. The van der Waals surface area contributed by atoms with Gasteiger partial charge in [-0.2, -0.15) is 0 Å². The van der Waals surface area contributed by atoms with Crippen LogP contribution in [0.3, 0.4) is 0 Å². The zero-order valence-corrected chi connectivity index (χ0v) is 16.2. The number of rotatable bonds is 6. The molecule has 2 amide bonds. The number of carbonyl (C=O) groups is 2. The predicted molar refractivity (Wildman–Crippen MR) is 101 cm³/mol. The Morgan fingerprint density at radius 1 is 1.13 bits per heavy atom. The third-order valence-electron chi connectivity index (χ3n) is 4.55. The van der Waals surface area contributed by atoms with E-state index in [-0.39, 0.29) is 29.2 Å². The van der Waals surface area contributed by atoms with Gasteiger partial charge in [0.2, 0.25) is 0 Å². The molecule has 1 atom stereocenters. The summed E-state index contributed by atoms with van der Waals surface area (Å²) >= 11 is 0. The van der Waals surface area contributed by atoms with Gasteiger partial charge in [0.05, 0.1) is 23.9 Å². The maximum absolute atomic E-state index is 14.4. The normalized spacial score (nSPS) is 16.4. The number of hydrogen-bond donors (Lipinski definition) is 1. The van der Waals surface area contributed by atoms with Gasteiger partial charge >= 0.3 is 12.0 Å². The Balaban J connectivity index is 2.06. The summed E-state index contributed by atoms with van der Waals surface area (Å²) in [6, 6.07) is 6.68. The molecule has 0 saturated carbocycles. The summed E-state index contributed by atoms with van der Waals surface area (Å²) in [5.74, 6) is -3.40. The molecule has 0 aliphatic carbocycles. The first-order valence-corrected chi connectivity index (χ1v) is 9.10. The van der Waals surface area contributed by atoms with E-state index < -0.39 is 42.1 Å². The number of amides is 2. The first kappa shape index (κ1) is 21.2. The van der Waals surface area contributed by atoms with Crippen LogP contribution in [0.1, 0.15) is 18.5 Å². The van der Waals surface area contributed by atoms with E-state index in [9.17, 15) is 22.8 Å². The highest BCUT2D eigenvalue weighted by Crippen LogP contribution is 2.32. The fourth-order valence-corrected chi connectivity index (χ4v) is 3.06. The van der Waals surface area contributed by atoms with Crippen molar-refractivity contribution >= 4 is 12.0 Å². The number of nitrogens with one attached hydrogen (secondary N) is 1. The molecule has 1 N–H and O–H groups in total. The molecule has 3 rings (SSSR count). The number of ether oxygens (including phenoxy) is 2. The van der Waals surface area contributed by atoms with Gasteiger partial charge in [-0.1, -0.05) is 18.2 Å². The van der Waals surface area contributed by atoms with Crippen molar-refractivity contribution < 1.29 is 32.2 Å². The first-order valence-electron chi connectivity index (χ1n) is 9.10. The molecule has 0 fully saturated rings. The van der Waals surface area contributed by atoms with Crippen LogP contribution in [0.5, 0.6) is 5.75 Å². The fraction of sp³-hybridized carbons (Fsp3) is 0.238. The van der Waals surface area contributed by atoms with E-state index in [1.54, 1.807) is 13.0 Å². The number of carbonyl (C=O) groups excluding carboxylic acids is 2. The van der Waals surface area contributed by atoms with Crippen molar-refractivity contribution in [2.75, 3.05) is 20.3 Å². The Bertz CT molecular complexity index is 1010. The van der Waals surface area contributed by atoms with Gasteiger partial charge in [0.15, 0.2) is 11.6 Å². The highest BCUT2D eigenvalue weighted by molar-refractivity contribution is 5.95. The number of hydrogen-bond acceptors (Lipinski definition) is 4. The van der Waals surface area contributed by atoms with Crippen LogP contribution in [0.15, 0.2) is 53.7 Å². The monoisotopic (exact) mass is 420 g/mol. The Labute approximate surface area is 170 Å². The summed E-state index contributed by atoms with van der Waals surface area (Å²) in [5, 5.41) is 2.57. The van der Waals surface area contributed by atoms with Gasteiger partial charge in [-0.15, -0.1) is 0 Å². The zero-order valence-electron chi connectivity index (χ0n) is 16.2. The quantitative estimate of drug-likeness (QED) is 0.724. The molecule has 30 heavy (non-hydrogen) atoms. The number of nitrogens with zero attached hydrogens (tertiary/aromatic N) is 1. The number of esters is 1. The molecule has 0 aromatic heterocycles.